The van der Waals surface area contributed by atoms with Crippen LogP contribution in [0.15, 0.2) is 16.6 Å². The van der Waals surface area contributed by atoms with Crippen LogP contribution in [0.3, 0.4) is 0 Å². The summed E-state index contributed by atoms with van der Waals surface area (Å²) >= 11 is 3.32. The second-order valence-corrected chi connectivity index (χ2v) is 7.09. The molecule has 3 N–H and O–H groups in total. The predicted molar refractivity (Wildman–Crippen MR) is 75.5 cm³/mol. The zero-order valence-corrected chi connectivity index (χ0v) is 12.5. The Balaban J connectivity index is 3.00. The lowest BCUT2D eigenvalue weighted by Crippen LogP contribution is -2.20. The molecule has 1 aromatic carbocycles. The summed E-state index contributed by atoms with van der Waals surface area (Å²) in [4.78, 5) is 0. The first-order valence-corrected chi connectivity index (χ1v) is 7.72. The van der Waals surface area contributed by atoms with E-state index in [2.05, 4.69) is 20.7 Å². The molecule has 0 heterocycles. The third-order valence-electron chi connectivity index (χ3n) is 2.17. The number of halogens is 1. The van der Waals surface area contributed by atoms with Crippen LogP contribution in [0.5, 0.6) is 0 Å². The second kappa shape index (κ2) is 5.27. The smallest absolute Gasteiger partial charge is 0.233 e. The van der Waals surface area contributed by atoms with E-state index in [0.29, 0.717) is 15.8 Å². The molecule has 0 unspecified atom stereocenters. The molecule has 96 valence electrons. The second-order valence-electron chi connectivity index (χ2n) is 4.47. The number of anilines is 2. The monoisotopic (exact) mass is 320 g/mol. The summed E-state index contributed by atoms with van der Waals surface area (Å²) in [6.07, 6.45) is 0. The summed E-state index contributed by atoms with van der Waals surface area (Å²) in [6, 6.07) is 3.42. The fraction of sp³-hybridized carbons (Fsp3) is 0.455. The van der Waals surface area contributed by atoms with Crippen LogP contribution in [0.1, 0.15) is 19.4 Å². The van der Waals surface area contributed by atoms with Crippen molar-refractivity contribution in [2.75, 3.05) is 16.2 Å². The summed E-state index contributed by atoms with van der Waals surface area (Å²) < 4.78 is 26.8. The Morgan fingerprint density at radius 2 is 2.00 bits per heavy atom. The molecule has 6 heteroatoms. The minimum atomic E-state index is -3.32. The van der Waals surface area contributed by atoms with Crippen LogP contribution >= 0.6 is 15.9 Å². The Morgan fingerprint density at radius 3 is 2.53 bits per heavy atom. The molecular weight excluding hydrogens is 304 g/mol. The van der Waals surface area contributed by atoms with E-state index in [4.69, 9.17) is 5.73 Å². The zero-order valence-electron chi connectivity index (χ0n) is 10.1. The molecule has 0 aliphatic carbocycles. The fourth-order valence-corrected chi connectivity index (χ4v) is 3.57. The minimum Gasteiger partial charge on any atom is -0.398 e. The number of benzene rings is 1. The number of hydrogen-bond acceptors (Lipinski definition) is 3. The van der Waals surface area contributed by atoms with E-state index in [1.165, 1.54) is 0 Å². The summed E-state index contributed by atoms with van der Waals surface area (Å²) in [5.41, 5.74) is 7.71. The third-order valence-corrected chi connectivity index (χ3v) is 4.47. The van der Waals surface area contributed by atoms with Gasteiger partial charge < -0.3 is 5.73 Å². The van der Waals surface area contributed by atoms with Crippen LogP contribution in [0.25, 0.3) is 0 Å². The number of aryl methyl sites for hydroxylation is 1. The van der Waals surface area contributed by atoms with Crippen molar-refractivity contribution < 1.29 is 8.42 Å². The van der Waals surface area contributed by atoms with Crippen LogP contribution < -0.4 is 10.5 Å². The molecule has 0 aliphatic rings. The molecule has 0 saturated carbocycles. The van der Waals surface area contributed by atoms with E-state index < -0.39 is 10.0 Å². The Morgan fingerprint density at radius 1 is 1.41 bits per heavy atom. The number of sulfonamides is 1. The molecule has 4 nitrogen and oxygen atoms in total. The maximum Gasteiger partial charge on any atom is 0.233 e. The quantitative estimate of drug-likeness (QED) is 0.838. The predicted octanol–water partition coefficient (Wildman–Crippen LogP) is 2.74. The van der Waals surface area contributed by atoms with E-state index in [0.717, 1.165) is 5.56 Å². The Kier molecular flexibility index (Phi) is 4.43. The van der Waals surface area contributed by atoms with Gasteiger partial charge in [0.1, 0.15) is 0 Å². The summed E-state index contributed by atoms with van der Waals surface area (Å²) in [7, 11) is -3.32. The van der Waals surface area contributed by atoms with Crippen molar-refractivity contribution in [3.63, 3.8) is 0 Å². The van der Waals surface area contributed by atoms with Gasteiger partial charge in [0.2, 0.25) is 10.0 Å². The van der Waals surface area contributed by atoms with Gasteiger partial charge in [0.05, 0.1) is 11.4 Å². The highest BCUT2D eigenvalue weighted by molar-refractivity contribution is 9.10. The van der Waals surface area contributed by atoms with Crippen LogP contribution in [0.2, 0.25) is 0 Å². The van der Waals surface area contributed by atoms with E-state index >= 15 is 0 Å². The van der Waals surface area contributed by atoms with Crippen molar-refractivity contribution in [3.05, 3.63) is 22.2 Å². The number of rotatable bonds is 4. The maximum absolute atomic E-state index is 11.8. The minimum absolute atomic E-state index is 0.0778. The SMILES string of the molecule is Cc1cc(Br)c(NS(=O)(=O)CC(C)C)cc1N. The molecule has 0 radical (unpaired) electrons. The van der Waals surface area contributed by atoms with Crippen LogP contribution in [-0.4, -0.2) is 14.2 Å². The van der Waals surface area contributed by atoms with Gasteiger partial charge in [-0.3, -0.25) is 4.72 Å². The van der Waals surface area contributed by atoms with Crippen molar-refractivity contribution in [3.8, 4) is 0 Å². The van der Waals surface area contributed by atoms with E-state index in [1.807, 2.05) is 20.8 Å². The molecule has 1 aromatic rings. The maximum atomic E-state index is 11.8. The first-order chi connectivity index (χ1) is 7.71. The molecule has 0 amide bonds. The number of nitrogens with one attached hydrogen (secondary N) is 1. The van der Waals surface area contributed by atoms with Gasteiger partial charge in [0.25, 0.3) is 0 Å². The summed E-state index contributed by atoms with van der Waals surface area (Å²) in [5, 5.41) is 0. The zero-order chi connectivity index (χ0) is 13.2. The Hall–Kier alpha value is -0.750. The van der Waals surface area contributed by atoms with Crippen LogP contribution in [-0.2, 0) is 10.0 Å². The van der Waals surface area contributed by atoms with Gasteiger partial charge in [-0.25, -0.2) is 8.42 Å². The number of nitrogens with two attached hydrogens (primary N) is 1. The van der Waals surface area contributed by atoms with Crippen molar-refractivity contribution in [1.82, 2.24) is 0 Å². The van der Waals surface area contributed by atoms with E-state index in [1.54, 1.807) is 12.1 Å². The van der Waals surface area contributed by atoms with Crippen LogP contribution in [0, 0.1) is 12.8 Å². The molecular formula is C11H17BrN2O2S. The van der Waals surface area contributed by atoms with Gasteiger partial charge in [-0.2, -0.15) is 0 Å². The van der Waals surface area contributed by atoms with Gasteiger partial charge >= 0.3 is 0 Å². The molecule has 0 spiro atoms. The molecule has 0 saturated heterocycles. The topological polar surface area (TPSA) is 72.2 Å². The van der Waals surface area contributed by atoms with Gasteiger partial charge in [-0.1, -0.05) is 13.8 Å². The van der Waals surface area contributed by atoms with E-state index in [-0.39, 0.29) is 11.7 Å². The van der Waals surface area contributed by atoms with Crippen molar-refractivity contribution in [2.24, 2.45) is 5.92 Å². The van der Waals surface area contributed by atoms with Crippen molar-refractivity contribution in [1.29, 1.82) is 0 Å². The lowest BCUT2D eigenvalue weighted by molar-refractivity contribution is 0.587. The number of nitrogen functional groups attached to an aromatic ring is 1. The fourth-order valence-electron chi connectivity index (χ4n) is 1.42. The average Bonchev–Trinajstić information content (AvgIpc) is 2.11. The molecule has 0 aromatic heterocycles. The molecule has 0 fully saturated rings. The van der Waals surface area contributed by atoms with Crippen LogP contribution in [0.4, 0.5) is 11.4 Å². The summed E-state index contributed by atoms with van der Waals surface area (Å²) in [6.45, 7) is 5.59. The van der Waals surface area contributed by atoms with Crippen molar-refractivity contribution >= 4 is 37.3 Å². The molecule has 0 bridgehead atoms. The molecule has 1 rings (SSSR count). The molecule has 0 atom stereocenters. The van der Waals surface area contributed by atoms with E-state index in [9.17, 15) is 8.42 Å². The first-order valence-electron chi connectivity index (χ1n) is 5.27. The Labute approximate surface area is 111 Å². The highest BCUT2D eigenvalue weighted by atomic mass is 79.9. The molecule has 17 heavy (non-hydrogen) atoms. The Bertz CT molecular complexity index is 512. The van der Waals surface area contributed by atoms with Gasteiger partial charge in [0.15, 0.2) is 0 Å². The lowest BCUT2D eigenvalue weighted by atomic mass is 10.2. The van der Waals surface area contributed by atoms with Gasteiger partial charge in [-0.05, 0) is 46.5 Å². The normalized spacial score (nSPS) is 11.8. The molecule has 0 aliphatic heterocycles. The lowest BCUT2D eigenvalue weighted by Gasteiger charge is -2.13. The summed E-state index contributed by atoms with van der Waals surface area (Å²) in [5.74, 6) is 0.168. The first kappa shape index (κ1) is 14.3. The van der Waals surface area contributed by atoms with Gasteiger partial charge in [-0.15, -0.1) is 0 Å². The average molecular weight is 321 g/mol. The highest BCUT2D eigenvalue weighted by Crippen LogP contribution is 2.28. The third kappa shape index (κ3) is 4.20. The standard InChI is InChI=1S/C11H17BrN2O2S/c1-7(2)6-17(15,16)14-11-5-10(13)8(3)4-9(11)12/h4-5,7,14H,6,13H2,1-3H3. The van der Waals surface area contributed by atoms with Gasteiger partial charge in [0, 0.05) is 10.2 Å². The number of hydrogen-bond donors (Lipinski definition) is 2. The van der Waals surface area contributed by atoms with Crippen molar-refractivity contribution in [2.45, 2.75) is 20.8 Å². The largest absolute Gasteiger partial charge is 0.398 e. The highest BCUT2D eigenvalue weighted by Gasteiger charge is 2.15.